The number of carbonyl (C=O) groups is 1. The molecular weight excluding hydrogens is 367 g/mol. The topological polar surface area (TPSA) is 60.5 Å². The number of hydrogen-bond donors (Lipinski definition) is 1. The lowest BCUT2D eigenvalue weighted by Crippen LogP contribution is -2.30. The van der Waals surface area contributed by atoms with Gasteiger partial charge in [0.1, 0.15) is 10.8 Å². The highest BCUT2D eigenvalue weighted by molar-refractivity contribution is 7.13. The highest BCUT2D eigenvalue weighted by atomic mass is 32.1. The van der Waals surface area contributed by atoms with Crippen LogP contribution >= 0.6 is 11.3 Å². The van der Waals surface area contributed by atoms with E-state index < -0.39 is 0 Å². The molecular formula is C20H19FN2O3S. The number of halogens is 1. The molecule has 0 fully saturated rings. The van der Waals surface area contributed by atoms with Gasteiger partial charge in [0.2, 0.25) is 0 Å². The maximum absolute atomic E-state index is 13.8. The van der Waals surface area contributed by atoms with Gasteiger partial charge >= 0.3 is 0 Å². The van der Waals surface area contributed by atoms with Crippen LogP contribution in [0, 0.1) is 5.82 Å². The molecule has 0 bridgehead atoms. The molecule has 2 aromatic carbocycles. The maximum atomic E-state index is 13.8. The van der Waals surface area contributed by atoms with Crippen molar-refractivity contribution in [3.8, 4) is 22.1 Å². The molecule has 0 unspecified atom stereocenters. The van der Waals surface area contributed by atoms with E-state index in [1.165, 1.54) is 17.4 Å². The number of aromatic nitrogens is 1. The van der Waals surface area contributed by atoms with Crippen molar-refractivity contribution >= 4 is 17.2 Å². The lowest BCUT2D eigenvalue weighted by atomic mass is 10.2. The fourth-order valence-electron chi connectivity index (χ4n) is 2.44. The molecule has 7 heteroatoms. The third-order valence-corrected chi connectivity index (χ3v) is 4.71. The van der Waals surface area contributed by atoms with Gasteiger partial charge in [-0.05, 0) is 24.3 Å². The number of hydrogen-bond acceptors (Lipinski definition) is 5. The molecule has 0 saturated heterocycles. The highest BCUT2D eigenvalue weighted by Crippen LogP contribution is 2.26. The van der Waals surface area contributed by atoms with Crippen LogP contribution in [0.3, 0.4) is 0 Å². The average molecular weight is 386 g/mol. The lowest BCUT2D eigenvalue weighted by Gasteiger charge is -2.10. The number of rotatable bonds is 8. The number of methoxy groups -OCH3 is 1. The van der Waals surface area contributed by atoms with E-state index in [1.54, 1.807) is 37.4 Å². The van der Waals surface area contributed by atoms with Gasteiger partial charge in [-0.2, -0.15) is 0 Å². The maximum Gasteiger partial charge on any atom is 0.257 e. The summed E-state index contributed by atoms with van der Waals surface area (Å²) in [6, 6.07) is 13.7. The Balaban J connectivity index is 1.46. The minimum absolute atomic E-state index is 0.0993. The molecule has 1 aromatic heterocycles. The summed E-state index contributed by atoms with van der Waals surface area (Å²) < 4.78 is 24.5. The third-order valence-electron chi connectivity index (χ3n) is 3.79. The molecule has 27 heavy (non-hydrogen) atoms. The van der Waals surface area contributed by atoms with Gasteiger partial charge in [0, 0.05) is 23.9 Å². The Hall–Kier alpha value is -2.93. The van der Waals surface area contributed by atoms with Gasteiger partial charge in [-0.15, -0.1) is 11.3 Å². The van der Waals surface area contributed by atoms with Crippen LogP contribution in [0.2, 0.25) is 0 Å². The molecule has 0 spiro atoms. The standard InChI is InChI=1S/C20H19FN2O3S/c1-25-17-8-4-5-9-18(17)26-12-19(24)22-11-10-14-13-27-20(23-14)15-6-2-3-7-16(15)21/h2-9,13H,10-12H2,1H3,(H,22,24). The number of nitrogens with one attached hydrogen (secondary N) is 1. The molecule has 1 amide bonds. The van der Waals surface area contributed by atoms with Crippen LogP contribution in [0.1, 0.15) is 5.69 Å². The molecule has 3 rings (SSSR count). The Morgan fingerprint density at radius 2 is 1.89 bits per heavy atom. The van der Waals surface area contributed by atoms with Gasteiger partial charge in [0.05, 0.1) is 12.8 Å². The second-order valence-electron chi connectivity index (χ2n) is 5.66. The minimum atomic E-state index is -0.291. The van der Waals surface area contributed by atoms with Crippen molar-refractivity contribution in [2.24, 2.45) is 0 Å². The zero-order valence-corrected chi connectivity index (χ0v) is 15.6. The predicted molar refractivity (Wildman–Crippen MR) is 103 cm³/mol. The van der Waals surface area contributed by atoms with Gasteiger partial charge in [-0.3, -0.25) is 4.79 Å². The first-order valence-electron chi connectivity index (χ1n) is 8.39. The second-order valence-corrected chi connectivity index (χ2v) is 6.52. The first-order chi connectivity index (χ1) is 13.2. The fraction of sp³-hybridized carbons (Fsp3) is 0.200. The average Bonchev–Trinajstić information content (AvgIpc) is 3.15. The summed E-state index contributed by atoms with van der Waals surface area (Å²) in [7, 11) is 1.55. The summed E-state index contributed by atoms with van der Waals surface area (Å²) in [5.41, 5.74) is 1.30. The van der Waals surface area contributed by atoms with Crippen LogP contribution in [0.4, 0.5) is 4.39 Å². The second kappa shape index (κ2) is 9.14. The first kappa shape index (κ1) is 18.8. The van der Waals surface area contributed by atoms with Gasteiger partial charge in [-0.1, -0.05) is 24.3 Å². The number of thiazole rings is 1. The zero-order valence-electron chi connectivity index (χ0n) is 14.8. The summed E-state index contributed by atoms with van der Waals surface area (Å²) >= 11 is 1.38. The molecule has 3 aromatic rings. The number of ether oxygens (including phenoxy) is 2. The van der Waals surface area contributed by atoms with Crippen LogP contribution in [0.5, 0.6) is 11.5 Å². The van der Waals surface area contributed by atoms with E-state index in [1.807, 2.05) is 17.5 Å². The van der Waals surface area contributed by atoms with E-state index >= 15 is 0 Å². The Morgan fingerprint density at radius 3 is 2.67 bits per heavy atom. The molecule has 0 atom stereocenters. The molecule has 140 valence electrons. The number of para-hydroxylation sites is 2. The molecule has 0 aliphatic heterocycles. The van der Waals surface area contributed by atoms with E-state index in [9.17, 15) is 9.18 Å². The molecule has 0 saturated carbocycles. The largest absolute Gasteiger partial charge is 0.493 e. The van der Waals surface area contributed by atoms with Gasteiger partial charge < -0.3 is 14.8 Å². The Bertz CT molecular complexity index is 914. The number of benzene rings is 2. The van der Waals surface area contributed by atoms with Gasteiger partial charge in [0.15, 0.2) is 18.1 Å². The normalized spacial score (nSPS) is 10.4. The predicted octanol–water partition coefficient (Wildman–Crippen LogP) is 3.70. The highest BCUT2D eigenvalue weighted by Gasteiger charge is 2.10. The number of carbonyl (C=O) groups excluding carboxylic acids is 1. The quantitative estimate of drug-likeness (QED) is 0.641. The summed E-state index contributed by atoms with van der Waals surface area (Å²) in [5, 5.41) is 5.29. The van der Waals surface area contributed by atoms with Crippen LogP contribution < -0.4 is 14.8 Å². The summed E-state index contributed by atoms with van der Waals surface area (Å²) in [6.45, 7) is 0.326. The number of amides is 1. The zero-order chi connectivity index (χ0) is 19.1. The Morgan fingerprint density at radius 1 is 1.15 bits per heavy atom. The summed E-state index contributed by atoms with van der Waals surface area (Å²) in [4.78, 5) is 16.4. The monoisotopic (exact) mass is 386 g/mol. The van der Waals surface area contributed by atoms with Crippen molar-refractivity contribution < 1.29 is 18.7 Å². The van der Waals surface area contributed by atoms with Crippen LogP contribution in [0.15, 0.2) is 53.9 Å². The van der Waals surface area contributed by atoms with Crippen molar-refractivity contribution in [2.75, 3.05) is 20.3 Å². The van der Waals surface area contributed by atoms with Crippen LogP contribution in [-0.2, 0) is 11.2 Å². The minimum Gasteiger partial charge on any atom is -0.493 e. The van der Waals surface area contributed by atoms with Crippen molar-refractivity contribution in [3.63, 3.8) is 0 Å². The third kappa shape index (κ3) is 5.04. The molecule has 0 radical (unpaired) electrons. The van der Waals surface area contributed by atoms with Crippen molar-refractivity contribution in [2.45, 2.75) is 6.42 Å². The lowest BCUT2D eigenvalue weighted by molar-refractivity contribution is -0.123. The van der Waals surface area contributed by atoms with E-state index in [4.69, 9.17) is 9.47 Å². The van der Waals surface area contributed by atoms with Gasteiger partial charge in [-0.25, -0.2) is 9.37 Å². The van der Waals surface area contributed by atoms with Crippen molar-refractivity contribution in [1.29, 1.82) is 0 Å². The first-order valence-corrected chi connectivity index (χ1v) is 9.27. The molecule has 0 aliphatic rings. The molecule has 5 nitrogen and oxygen atoms in total. The van der Waals surface area contributed by atoms with E-state index in [0.29, 0.717) is 35.0 Å². The van der Waals surface area contributed by atoms with Crippen LogP contribution in [0.25, 0.3) is 10.6 Å². The van der Waals surface area contributed by atoms with E-state index in [0.717, 1.165) is 5.69 Å². The smallest absolute Gasteiger partial charge is 0.257 e. The molecule has 1 heterocycles. The van der Waals surface area contributed by atoms with Gasteiger partial charge in [0.25, 0.3) is 5.91 Å². The number of nitrogens with zero attached hydrogens (tertiary/aromatic N) is 1. The SMILES string of the molecule is COc1ccccc1OCC(=O)NCCc1csc(-c2ccccc2F)n1. The Labute approximate surface area is 160 Å². The van der Waals surface area contributed by atoms with E-state index in [2.05, 4.69) is 10.3 Å². The van der Waals surface area contributed by atoms with Crippen molar-refractivity contribution in [1.82, 2.24) is 10.3 Å². The molecule has 0 aliphatic carbocycles. The Kier molecular flexibility index (Phi) is 6.38. The summed E-state index contributed by atoms with van der Waals surface area (Å²) in [5.74, 6) is 0.572. The van der Waals surface area contributed by atoms with E-state index in [-0.39, 0.29) is 18.3 Å². The summed E-state index contributed by atoms with van der Waals surface area (Å²) in [6.07, 6.45) is 0.561. The molecule has 1 N–H and O–H groups in total. The van der Waals surface area contributed by atoms with Crippen molar-refractivity contribution in [3.05, 3.63) is 65.4 Å². The van der Waals surface area contributed by atoms with Crippen LogP contribution in [-0.4, -0.2) is 31.2 Å². The fourth-order valence-corrected chi connectivity index (χ4v) is 3.32.